The number of ether oxygens (including phenoxy) is 2. The van der Waals surface area contributed by atoms with Crippen molar-refractivity contribution in [1.29, 1.82) is 0 Å². The first-order valence-corrected chi connectivity index (χ1v) is 18.1. The van der Waals surface area contributed by atoms with Gasteiger partial charge in [0, 0.05) is 12.8 Å². The summed E-state index contributed by atoms with van der Waals surface area (Å²) in [6, 6.07) is 0. The molecule has 0 heterocycles. The number of esters is 2. The maximum atomic E-state index is 10.9. The lowest BCUT2D eigenvalue weighted by Crippen LogP contribution is -1.98. The fourth-order valence-electron chi connectivity index (χ4n) is 4.88. The van der Waals surface area contributed by atoms with Crippen LogP contribution in [0.3, 0.4) is 0 Å². The summed E-state index contributed by atoms with van der Waals surface area (Å²) < 4.78 is 9.24. The summed E-state index contributed by atoms with van der Waals surface area (Å²) in [4.78, 5) is 21.8. The zero-order valence-electron chi connectivity index (χ0n) is 28.7. The minimum absolute atomic E-state index is 0.0763. The van der Waals surface area contributed by atoms with Gasteiger partial charge in [0.25, 0.3) is 0 Å². The predicted molar refractivity (Wildman–Crippen MR) is 183 cm³/mol. The molecule has 0 spiro atoms. The van der Waals surface area contributed by atoms with E-state index in [9.17, 15) is 9.59 Å². The van der Waals surface area contributed by atoms with Crippen molar-refractivity contribution in [2.75, 3.05) is 14.2 Å². The van der Waals surface area contributed by atoms with Gasteiger partial charge >= 0.3 is 11.9 Å². The van der Waals surface area contributed by atoms with Crippen molar-refractivity contribution >= 4 is 11.9 Å². The molecule has 0 aromatic heterocycles. The van der Waals surface area contributed by atoms with Crippen molar-refractivity contribution in [1.82, 2.24) is 0 Å². The Balaban J connectivity index is 0. The molecule has 0 aliphatic heterocycles. The van der Waals surface area contributed by atoms with E-state index >= 15 is 0 Å². The molecular formula is C38H72O4. The highest BCUT2D eigenvalue weighted by molar-refractivity contribution is 5.69. The Labute approximate surface area is 262 Å². The van der Waals surface area contributed by atoms with Gasteiger partial charge in [-0.25, -0.2) is 0 Å². The SMILES string of the molecule is CCCCCCCC/C=C/CCCCCCCC(=O)OC.CCCCCCCC/C=C\CCCCCCCC(=O)OC. The number of unbranched alkanes of at least 4 members (excludes halogenated alkanes) is 22. The number of hydrogen-bond acceptors (Lipinski definition) is 4. The molecule has 0 amide bonds. The Bertz CT molecular complexity index is 544. The van der Waals surface area contributed by atoms with E-state index in [0.717, 1.165) is 25.7 Å². The van der Waals surface area contributed by atoms with Gasteiger partial charge < -0.3 is 9.47 Å². The van der Waals surface area contributed by atoms with Crippen LogP contribution in [0.5, 0.6) is 0 Å². The highest BCUT2D eigenvalue weighted by atomic mass is 16.5. The van der Waals surface area contributed by atoms with E-state index < -0.39 is 0 Å². The predicted octanol–water partition coefficient (Wildman–Crippen LogP) is 12.4. The van der Waals surface area contributed by atoms with Crippen LogP contribution in [-0.2, 0) is 19.1 Å². The molecule has 0 unspecified atom stereocenters. The first-order chi connectivity index (χ1) is 20.6. The van der Waals surface area contributed by atoms with E-state index in [1.807, 2.05) is 0 Å². The molecule has 0 saturated heterocycles. The molecule has 248 valence electrons. The second kappa shape index (κ2) is 39.4. The molecule has 42 heavy (non-hydrogen) atoms. The summed E-state index contributed by atoms with van der Waals surface area (Å²) in [5, 5.41) is 0. The van der Waals surface area contributed by atoms with Crippen LogP contribution < -0.4 is 0 Å². The first kappa shape index (κ1) is 42.6. The number of rotatable bonds is 30. The van der Waals surface area contributed by atoms with Gasteiger partial charge in [0.15, 0.2) is 0 Å². The summed E-state index contributed by atoms with van der Waals surface area (Å²) >= 11 is 0. The second-order valence-corrected chi connectivity index (χ2v) is 11.8. The minimum atomic E-state index is -0.0763. The second-order valence-electron chi connectivity index (χ2n) is 11.8. The number of carbonyl (C=O) groups is 2. The van der Waals surface area contributed by atoms with Crippen LogP contribution in [0.15, 0.2) is 24.3 Å². The van der Waals surface area contributed by atoms with Crippen LogP contribution in [0, 0.1) is 0 Å². The molecule has 0 aromatic carbocycles. The largest absolute Gasteiger partial charge is 0.469 e. The average molecular weight is 593 g/mol. The van der Waals surface area contributed by atoms with Crippen molar-refractivity contribution in [3.8, 4) is 0 Å². The highest BCUT2D eigenvalue weighted by Gasteiger charge is 1.99. The van der Waals surface area contributed by atoms with Crippen LogP contribution in [0.25, 0.3) is 0 Å². The van der Waals surface area contributed by atoms with Gasteiger partial charge in [0.2, 0.25) is 0 Å². The molecule has 0 rings (SSSR count). The smallest absolute Gasteiger partial charge is 0.305 e. The molecule has 0 aliphatic carbocycles. The molecule has 0 saturated carbocycles. The number of methoxy groups -OCH3 is 2. The quantitative estimate of drug-likeness (QED) is 0.0473. The van der Waals surface area contributed by atoms with Crippen LogP contribution in [0.1, 0.15) is 194 Å². The van der Waals surface area contributed by atoms with Gasteiger partial charge in [-0.05, 0) is 64.2 Å². The number of carbonyl (C=O) groups excluding carboxylic acids is 2. The molecule has 0 aromatic rings. The van der Waals surface area contributed by atoms with E-state index in [4.69, 9.17) is 0 Å². The first-order valence-electron chi connectivity index (χ1n) is 18.1. The van der Waals surface area contributed by atoms with Gasteiger partial charge in [-0.2, -0.15) is 0 Å². The highest BCUT2D eigenvalue weighted by Crippen LogP contribution is 2.11. The molecule has 0 fully saturated rings. The van der Waals surface area contributed by atoms with E-state index in [-0.39, 0.29) is 11.9 Å². The summed E-state index contributed by atoms with van der Waals surface area (Å²) in [6.07, 6.45) is 44.0. The molecule has 0 N–H and O–H groups in total. The number of hydrogen-bond donors (Lipinski definition) is 0. The molecule has 0 bridgehead atoms. The van der Waals surface area contributed by atoms with Crippen molar-refractivity contribution in [3.05, 3.63) is 24.3 Å². The normalized spacial score (nSPS) is 11.1. The summed E-state index contributed by atoms with van der Waals surface area (Å²) in [5.41, 5.74) is 0. The van der Waals surface area contributed by atoms with Gasteiger partial charge in [-0.1, -0.05) is 141 Å². The lowest BCUT2D eigenvalue weighted by molar-refractivity contribution is -0.141. The summed E-state index contributed by atoms with van der Waals surface area (Å²) in [6.45, 7) is 4.53. The standard InChI is InChI=1S/2C19H36O2/c2*1-3-4-5-6-7-8-9-10-11-12-13-14-15-16-17-18-19(20)21-2/h2*10-11H,3-9,12-18H2,1-2H3/b11-10+;11-10-. The van der Waals surface area contributed by atoms with E-state index in [1.165, 1.54) is 155 Å². The Hall–Kier alpha value is -1.58. The Kier molecular flexibility index (Phi) is 39.9. The molecule has 4 nitrogen and oxygen atoms in total. The molecule has 4 heteroatoms. The van der Waals surface area contributed by atoms with E-state index in [2.05, 4.69) is 47.6 Å². The monoisotopic (exact) mass is 593 g/mol. The van der Waals surface area contributed by atoms with E-state index in [1.54, 1.807) is 0 Å². The lowest BCUT2D eigenvalue weighted by atomic mass is 10.1. The van der Waals surface area contributed by atoms with Gasteiger partial charge in [0.05, 0.1) is 14.2 Å². The van der Waals surface area contributed by atoms with Crippen molar-refractivity contribution in [3.63, 3.8) is 0 Å². The van der Waals surface area contributed by atoms with E-state index in [0.29, 0.717) is 12.8 Å². The third-order valence-electron chi connectivity index (χ3n) is 7.74. The summed E-state index contributed by atoms with van der Waals surface area (Å²) in [5.74, 6) is -0.153. The average Bonchev–Trinajstić information content (AvgIpc) is 3.01. The van der Waals surface area contributed by atoms with Crippen LogP contribution >= 0.6 is 0 Å². The molecule has 0 aliphatic rings. The van der Waals surface area contributed by atoms with Crippen LogP contribution in [0.2, 0.25) is 0 Å². The Morgan fingerprint density at radius 1 is 0.381 bits per heavy atom. The van der Waals surface area contributed by atoms with Crippen molar-refractivity contribution in [2.24, 2.45) is 0 Å². The zero-order valence-corrected chi connectivity index (χ0v) is 28.7. The fourth-order valence-corrected chi connectivity index (χ4v) is 4.88. The fraction of sp³-hybridized carbons (Fsp3) is 0.842. The van der Waals surface area contributed by atoms with Crippen molar-refractivity contribution < 1.29 is 19.1 Å². The maximum Gasteiger partial charge on any atom is 0.305 e. The molecule has 0 radical (unpaired) electrons. The third-order valence-corrected chi connectivity index (χ3v) is 7.74. The van der Waals surface area contributed by atoms with Gasteiger partial charge in [0.1, 0.15) is 0 Å². The van der Waals surface area contributed by atoms with Crippen LogP contribution in [-0.4, -0.2) is 26.2 Å². The molecule has 0 atom stereocenters. The van der Waals surface area contributed by atoms with Gasteiger partial charge in [-0.15, -0.1) is 0 Å². The van der Waals surface area contributed by atoms with Crippen molar-refractivity contribution in [2.45, 2.75) is 194 Å². The minimum Gasteiger partial charge on any atom is -0.469 e. The van der Waals surface area contributed by atoms with Gasteiger partial charge in [-0.3, -0.25) is 9.59 Å². The third kappa shape index (κ3) is 40.6. The summed E-state index contributed by atoms with van der Waals surface area (Å²) in [7, 11) is 2.92. The lowest BCUT2D eigenvalue weighted by Gasteiger charge is -2.00. The Morgan fingerprint density at radius 3 is 0.881 bits per heavy atom. The number of allylic oxidation sites excluding steroid dienone is 4. The van der Waals surface area contributed by atoms with Crippen LogP contribution in [0.4, 0.5) is 0 Å². The molecular weight excluding hydrogens is 520 g/mol. The zero-order chi connectivity index (χ0) is 31.2. The topological polar surface area (TPSA) is 52.6 Å². The Morgan fingerprint density at radius 2 is 0.619 bits per heavy atom. The maximum absolute atomic E-state index is 10.9.